The van der Waals surface area contributed by atoms with Gasteiger partial charge in [-0.15, -0.1) is 0 Å². The molecule has 0 aliphatic heterocycles. The fraction of sp³-hybridized carbons (Fsp3) is 1.00. The van der Waals surface area contributed by atoms with Crippen LogP contribution in [0, 0.1) is 0 Å². The summed E-state index contributed by atoms with van der Waals surface area (Å²) in [5, 5.41) is 0. The summed E-state index contributed by atoms with van der Waals surface area (Å²) in [6.07, 6.45) is -2.60. The van der Waals surface area contributed by atoms with Crippen molar-refractivity contribution in [1.29, 1.82) is 0 Å². The molecule has 0 aromatic heterocycles. The maximum Gasteiger partial charge on any atom is 0.523 e. The summed E-state index contributed by atoms with van der Waals surface area (Å²) >= 11 is 0. The molecule has 0 aromatic rings. The second-order valence-corrected chi connectivity index (χ2v) is 7.57. The quantitative estimate of drug-likeness (QED) is 0.406. The van der Waals surface area contributed by atoms with E-state index in [1.165, 1.54) is 27.7 Å². The summed E-state index contributed by atoms with van der Waals surface area (Å²) in [6, 6.07) is 0. The Morgan fingerprint density at radius 1 is 1.05 bits per heavy atom. The number of hydrogen-bond acceptors (Lipinski definition) is 6. The fourth-order valence-corrected chi connectivity index (χ4v) is 3.59. The largest absolute Gasteiger partial charge is 0.523 e. The molecule has 116 valence electrons. The van der Waals surface area contributed by atoms with Crippen LogP contribution >= 0.6 is 7.60 Å². The minimum absolute atomic E-state index is 0.637. The van der Waals surface area contributed by atoms with Crippen LogP contribution in [0.1, 0.15) is 27.7 Å². The van der Waals surface area contributed by atoms with Crippen molar-refractivity contribution in [3.63, 3.8) is 0 Å². The van der Waals surface area contributed by atoms with Crippen LogP contribution in [0.5, 0.6) is 0 Å². The van der Waals surface area contributed by atoms with E-state index in [9.17, 15) is 26.2 Å². The average Bonchev–Trinajstić information content (AvgIpc) is 2.10. The van der Waals surface area contributed by atoms with Gasteiger partial charge in [0.15, 0.2) is 6.35 Å². The van der Waals surface area contributed by atoms with E-state index in [1.807, 2.05) is 0 Å². The first-order chi connectivity index (χ1) is 8.29. The lowest BCUT2D eigenvalue weighted by atomic mass is 10.5. The molecule has 0 N–H and O–H groups in total. The Labute approximate surface area is 109 Å². The van der Waals surface area contributed by atoms with Gasteiger partial charge >= 0.3 is 23.2 Å². The zero-order valence-electron chi connectivity index (χ0n) is 10.8. The molecule has 0 fully saturated rings. The van der Waals surface area contributed by atoms with E-state index < -0.39 is 41.8 Å². The molecule has 0 aliphatic carbocycles. The molecule has 19 heavy (non-hydrogen) atoms. The summed E-state index contributed by atoms with van der Waals surface area (Å²) < 4.78 is 82.9. The molecule has 11 heteroatoms. The van der Waals surface area contributed by atoms with Crippen molar-refractivity contribution in [3.05, 3.63) is 0 Å². The van der Waals surface area contributed by atoms with Gasteiger partial charge in [-0.1, -0.05) is 0 Å². The Morgan fingerprint density at radius 2 is 1.42 bits per heavy atom. The Bertz CT molecular complexity index is 416. The van der Waals surface area contributed by atoms with Gasteiger partial charge in [0.25, 0.3) is 0 Å². The van der Waals surface area contributed by atoms with E-state index >= 15 is 0 Å². The summed E-state index contributed by atoms with van der Waals surface area (Å²) in [5.41, 5.74) is -5.59. The van der Waals surface area contributed by atoms with Gasteiger partial charge in [-0.25, -0.2) is 0 Å². The van der Waals surface area contributed by atoms with Crippen LogP contribution in [0.4, 0.5) is 13.2 Å². The second-order valence-electron chi connectivity index (χ2n) is 4.07. The highest BCUT2D eigenvalue weighted by Gasteiger charge is 2.48. The van der Waals surface area contributed by atoms with Crippen LogP contribution in [-0.2, 0) is 27.9 Å². The van der Waals surface area contributed by atoms with Crippen molar-refractivity contribution < 1.29 is 39.4 Å². The molecule has 0 bridgehead atoms. The molecule has 0 unspecified atom stereocenters. The van der Waals surface area contributed by atoms with Crippen LogP contribution in [0.25, 0.3) is 0 Å². The van der Waals surface area contributed by atoms with Crippen LogP contribution in [-0.4, -0.2) is 32.5 Å². The average molecular weight is 328 g/mol. The minimum atomic E-state index is -5.83. The normalized spacial score (nSPS) is 14.4. The van der Waals surface area contributed by atoms with Crippen molar-refractivity contribution >= 4 is 17.7 Å². The molecule has 0 aromatic carbocycles. The van der Waals surface area contributed by atoms with Crippen LogP contribution < -0.4 is 0 Å². The van der Waals surface area contributed by atoms with Crippen molar-refractivity contribution in [1.82, 2.24) is 0 Å². The smallest absolute Gasteiger partial charge is 0.304 e. The molecule has 0 amide bonds. The summed E-state index contributed by atoms with van der Waals surface area (Å²) in [5.74, 6) is 0. The molecule has 0 saturated heterocycles. The van der Waals surface area contributed by atoms with Gasteiger partial charge in [0.1, 0.15) is 0 Å². The third kappa shape index (κ3) is 6.71. The first-order valence-electron chi connectivity index (χ1n) is 5.20. The minimum Gasteiger partial charge on any atom is -0.304 e. The topological polar surface area (TPSA) is 78.9 Å². The molecule has 0 rings (SSSR count). The van der Waals surface area contributed by atoms with Crippen molar-refractivity contribution in [2.45, 2.75) is 45.4 Å². The predicted octanol–water partition coefficient (Wildman–Crippen LogP) is 2.85. The summed E-state index contributed by atoms with van der Waals surface area (Å²) in [4.78, 5) is 0. The van der Waals surface area contributed by atoms with Gasteiger partial charge in [0, 0.05) is 0 Å². The maximum atomic E-state index is 12.0. The Kier molecular flexibility index (Phi) is 6.48. The van der Waals surface area contributed by atoms with Crippen molar-refractivity contribution in [3.8, 4) is 0 Å². The van der Waals surface area contributed by atoms with Gasteiger partial charge in [0.2, 0.25) is 0 Å². The fourth-order valence-electron chi connectivity index (χ4n) is 0.929. The van der Waals surface area contributed by atoms with E-state index in [1.54, 1.807) is 0 Å². The Morgan fingerprint density at radius 3 is 1.68 bits per heavy atom. The lowest BCUT2D eigenvalue weighted by molar-refractivity contribution is -0.0535. The van der Waals surface area contributed by atoms with Crippen LogP contribution in [0.3, 0.4) is 0 Å². The van der Waals surface area contributed by atoms with E-state index in [-0.39, 0.29) is 0 Å². The highest BCUT2D eigenvalue weighted by atomic mass is 32.2. The molecule has 0 atom stereocenters. The van der Waals surface area contributed by atoms with Crippen molar-refractivity contribution in [2.24, 2.45) is 0 Å². The lowest BCUT2D eigenvalue weighted by Gasteiger charge is -2.22. The SMILES string of the molecule is CC(C)OP(=O)(COS(=O)(=O)C(F)(F)F)OC(C)C. The molecule has 6 nitrogen and oxygen atoms in total. The van der Waals surface area contributed by atoms with Crippen molar-refractivity contribution in [2.75, 3.05) is 6.35 Å². The lowest BCUT2D eigenvalue weighted by Crippen LogP contribution is -2.26. The second kappa shape index (κ2) is 6.53. The van der Waals surface area contributed by atoms with Gasteiger partial charge in [-0.2, -0.15) is 21.6 Å². The zero-order valence-corrected chi connectivity index (χ0v) is 12.5. The molecular formula is C8H16F3O6PS. The first kappa shape index (κ1) is 18.9. The van der Waals surface area contributed by atoms with E-state index in [0.717, 1.165) is 0 Å². The highest BCUT2D eigenvalue weighted by Crippen LogP contribution is 2.51. The van der Waals surface area contributed by atoms with Gasteiger partial charge < -0.3 is 9.05 Å². The third-order valence-corrected chi connectivity index (χ3v) is 4.49. The third-order valence-electron chi connectivity index (χ3n) is 1.39. The monoisotopic (exact) mass is 328 g/mol. The molecular weight excluding hydrogens is 312 g/mol. The van der Waals surface area contributed by atoms with Gasteiger partial charge in [0.05, 0.1) is 12.2 Å². The molecule has 0 radical (unpaired) electrons. The number of alkyl halides is 3. The van der Waals surface area contributed by atoms with E-state index in [2.05, 4.69) is 4.18 Å². The summed E-state index contributed by atoms with van der Waals surface area (Å²) in [7, 11) is -9.93. The maximum absolute atomic E-state index is 12.0. The van der Waals surface area contributed by atoms with Gasteiger partial charge in [-0.3, -0.25) is 8.75 Å². The molecule has 0 spiro atoms. The number of hydrogen-bond donors (Lipinski definition) is 0. The first-order valence-corrected chi connectivity index (χ1v) is 8.34. The van der Waals surface area contributed by atoms with Gasteiger partial charge in [-0.05, 0) is 27.7 Å². The van der Waals surface area contributed by atoms with E-state index in [0.29, 0.717) is 0 Å². The zero-order chi connectivity index (χ0) is 15.5. The predicted molar refractivity (Wildman–Crippen MR) is 61.0 cm³/mol. The van der Waals surface area contributed by atoms with Crippen LogP contribution in [0.15, 0.2) is 0 Å². The number of halogens is 3. The molecule has 0 saturated carbocycles. The number of rotatable bonds is 7. The standard InChI is InChI=1S/C8H16F3O6PS/c1-6(2)16-18(12,17-7(3)4)5-15-19(13,14)8(9,10)11/h6-7H,5H2,1-4H3. The van der Waals surface area contributed by atoms with E-state index in [4.69, 9.17) is 9.05 Å². The molecule has 0 heterocycles. The van der Waals surface area contributed by atoms with Crippen LogP contribution in [0.2, 0.25) is 0 Å². The Hall–Kier alpha value is -0.150. The Balaban J connectivity index is 4.92. The summed E-state index contributed by atoms with van der Waals surface area (Å²) in [6.45, 7) is 5.87. The molecule has 0 aliphatic rings. The highest BCUT2D eigenvalue weighted by molar-refractivity contribution is 7.87.